The van der Waals surface area contributed by atoms with E-state index < -0.39 is 50.1 Å². The van der Waals surface area contributed by atoms with Crippen molar-refractivity contribution in [2.75, 3.05) is 25.1 Å². The molecule has 3 aromatic heterocycles. The Kier molecular flexibility index (Phi) is 14.1. The molecule has 4 aromatic rings. The fourth-order valence-corrected chi connectivity index (χ4v) is 6.39. The lowest BCUT2D eigenvalue weighted by atomic mass is 10.1. The van der Waals surface area contributed by atoms with Crippen molar-refractivity contribution in [3.63, 3.8) is 0 Å². The number of hydrogen-bond acceptors (Lipinski definition) is 17. The van der Waals surface area contributed by atoms with Crippen LogP contribution < -0.4 is 18.5 Å². The maximum atomic E-state index is 14.5. The van der Waals surface area contributed by atoms with Crippen LogP contribution in [0.3, 0.4) is 0 Å². The van der Waals surface area contributed by atoms with Gasteiger partial charge in [-0.25, -0.2) is 14.3 Å². The first-order chi connectivity index (χ1) is 25.8. The third kappa shape index (κ3) is 10.8. The number of methoxy groups -OCH3 is 2. The predicted octanol–water partition coefficient (Wildman–Crippen LogP) is 4.87. The summed E-state index contributed by atoms with van der Waals surface area (Å²) < 4.78 is 52.8. The average Bonchev–Trinajstić information content (AvgIpc) is 3.14. The van der Waals surface area contributed by atoms with Crippen LogP contribution in [0.15, 0.2) is 72.1 Å². The van der Waals surface area contributed by atoms with Gasteiger partial charge in [0.15, 0.2) is 34.4 Å². The minimum Gasteiger partial charge on any atom is -0.493 e. The second kappa shape index (κ2) is 18.9. The maximum Gasteiger partial charge on any atom is 0.307 e. The highest BCUT2D eigenvalue weighted by Crippen LogP contribution is 2.44. The smallest absolute Gasteiger partial charge is 0.307 e. The number of para-hydroxylation sites is 2. The number of pyridine rings is 2. The Morgan fingerprint density at radius 2 is 1.65 bits per heavy atom. The molecule has 0 N–H and O–H groups in total. The summed E-state index contributed by atoms with van der Waals surface area (Å²) in [6, 6.07) is 12.6. The molecule has 54 heavy (non-hydrogen) atoms. The fourth-order valence-electron chi connectivity index (χ4n) is 4.98. The van der Waals surface area contributed by atoms with E-state index in [-0.39, 0.29) is 54.7 Å². The second-order valence-electron chi connectivity index (χ2n) is 11.3. The quantitative estimate of drug-likeness (QED) is 0.0360. The summed E-state index contributed by atoms with van der Waals surface area (Å²) in [5.74, 6) is -1.12. The van der Waals surface area contributed by atoms with E-state index >= 15 is 0 Å². The van der Waals surface area contributed by atoms with Crippen molar-refractivity contribution in [3.05, 3.63) is 92.9 Å². The van der Waals surface area contributed by atoms with Crippen molar-refractivity contribution in [2.45, 2.75) is 63.3 Å². The second-order valence-corrected chi connectivity index (χ2v) is 13.1. The van der Waals surface area contributed by atoms with Crippen molar-refractivity contribution in [3.8, 4) is 34.5 Å². The van der Waals surface area contributed by atoms with Crippen LogP contribution >= 0.6 is 0 Å². The molecular formula is C33H37N7O13S. The normalized spacial score (nSPS) is 12.1. The van der Waals surface area contributed by atoms with E-state index in [9.17, 15) is 33.4 Å². The Balaban J connectivity index is 1.70. The van der Waals surface area contributed by atoms with Crippen molar-refractivity contribution in [1.29, 1.82) is 0 Å². The van der Waals surface area contributed by atoms with Crippen LogP contribution in [0.5, 0.6) is 23.1 Å². The maximum absolute atomic E-state index is 14.5. The van der Waals surface area contributed by atoms with Gasteiger partial charge in [0.05, 0.1) is 14.2 Å². The molecule has 2 unspecified atom stereocenters. The molecule has 0 aliphatic rings. The van der Waals surface area contributed by atoms with Crippen LogP contribution in [0, 0.1) is 27.2 Å². The van der Waals surface area contributed by atoms with E-state index in [0.29, 0.717) is 23.3 Å². The monoisotopic (exact) mass is 771 g/mol. The number of unbranched alkanes of at least 4 members (excludes halogenated alkanes) is 2. The number of nitrogens with zero attached hydrogens (tertiary/aromatic N) is 7. The molecule has 0 aliphatic carbocycles. The van der Waals surface area contributed by atoms with E-state index in [1.54, 1.807) is 49.4 Å². The number of hydrogen-bond donors (Lipinski definition) is 0. The van der Waals surface area contributed by atoms with Gasteiger partial charge in [0.1, 0.15) is 12.7 Å². The molecule has 0 spiro atoms. The number of anilines is 1. The molecule has 0 amide bonds. The molecule has 0 radical (unpaired) electrons. The van der Waals surface area contributed by atoms with Crippen molar-refractivity contribution in [1.82, 2.24) is 19.9 Å². The van der Waals surface area contributed by atoms with E-state index in [2.05, 4.69) is 29.6 Å². The van der Waals surface area contributed by atoms with Crippen LogP contribution in [-0.2, 0) is 29.2 Å². The standard InChI is InChI=1S/C33H37N7O13S/c1-22-14-15-28(35-20-22)54(46,47)38(23(2)51-29(41)13-7-5-6-10-25(53-40(44)45)21-50-39(42)43)32-30(52-27-12-9-8-11-26(27)48-3)33(49-4)37-31(36-32)24-16-18-34-19-17-24/h8-9,11-12,14-20,23,25H,5-7,10,13,21H2,1-4H3. The highest BCUT2D eigenvalue weighted by atomic mass is 32.2. The third-order valence-electron chi connectivity index (χ3n) is 7.49. The molecular weight excluding hydrogens is 734 g/mol. The van der Waals surface area contributed by atoms with Crippen molar-refractivity contribution >= 4 is 21.8 Å². The number of carbonyl (C=O) groups excluding carboxylic acids is 1. The third-order valence-corrected chi connectivity index (χ3v) is 9.24. The number of sulfonamides is 1. The Bertz CT molecular complexity index is 2010. The summed E-state index contributed by atoms with van der Waals surface area (Å²) in [7, 11) is -1.95. The number of ether oxygens (including phenoxy) is 4. The molecule has 2 atom stereocenters. The molecule has 0 saturated heterocycles. The average molecular weight is 772 g/mol. The van der Waals surface area contributed by atoms with Gasteiger partial charge in [0.25, 0.3) is 26.1 Å². The highest BCUT2D eigenvalue weighted by molar-refractivity contribution is 7.92. The van der Waals surface area contributed by atoms with E-state index in [0.717, 1.165) is 4.31 Å². The molecule has 0 fully saturated rings. The first-order valence-corrected chi connectivity index (χ1v) is 17.7. The number of aryl methyl sites for hydroxylation is 1. The number of esters is 1. The zero-order valence-electron chi connectivity index (χ0n) is 29.6. The minimum absolute atomic E-state index is 0.0233. The van der Waals surface area contributed by atoms with Crippen LogP contribution in [0.4, 0.5) is 5.82 Å². The lowest BCUT2D eigenvalue weighted by Gasteiger charge is -2.30. The first kappa shape index (κ1) is 40.4. The largest absolute Gasteiger partial charge is 0.493 e. The van der Waals surface area contributed by atoms with Gasteiger partial charge >= 0.3 is 5.97 Å². The van der Waals surface area contributed by atoms with Gasteiger partial charge in [0.2, 0.25) is 5.75 Å². The molecule has 0 saturated carbocycles. The van der Waals surface area contributed by atoms with E-state index in [1.807, 2.05) is 0 Å². The minimum atomic E-state index is -4.68. The van der Waals surface area contributed by atoms with Gasteiger partial charge in [-0.3, -0.25) is 9.78 Å². The Morgan fingerprint density at radius 1 is 0.926 bits per heavy atom. The molecule has 20 nitrogen and oxygen atoms in total. The van der Waals surface area contributed by atoms with Crippen molar-refractivity contribution < 1.29 is 52.0 Å². The lowest BCUT2D eigenvalue weighted by molar-refractivity contribution is -0.790. The molecule has 1 aromatic carbocycles. The zero-order valence-corrected chi connectivity index (χ0v) is 30.4. The predicted molar refractivity (Wildman–Crippen MR) is 187 cm³/mol. The summed E-state index contributed by atoms with van der Waals surface area (Å²) in [5.41, 5.74) is 1.13. The zero-order chi connectivity index (χ0) is 39.3. The molecule has 0 bridgehead atoms. The van der Waals surface area contributed by atoms with Crippen LogP contribution in [-0.4, -0.2) is 77.7 Å². The molecule has 288 valence electrons. The van der Waals surface area contributed by atoms with Gasteiger partial charge in [-0.1, -0.05) is 31.0 Å². The molecule has 4 rings (SSSR count). The number of rotatable bonds is 21. The van der Waals surface area contributed by atoms with E-state index in [4.69, 9.17) is 18.9 Å². The van der Waals surface area contributed by atoms with Gasteiger partial charge in [-0.15, -0.1) is 20.2 Å². The summed E-state index contributed by atoms with van der Waals surface area (Å²) in [5, 5.41) is 18.7. The van der Waals surface area contributed by atoms with Crippen LogP contribution in [0.1, 0.15) is 44.6 Å². The Labute approximate surface area is 309 Å². The summed E-state index contributed by atoms with van der Waals surface area (Å²) >= 11 is 0. The number of carbonyl (C=O) groups is 1. The first-order valence-electron chi connectivity index (χ1n) is 16.3. The summed E-state index contributed by atoms with van der Waals surface area (Å²) in [4.78, 5) is 60.3. The van der Waals surface area contributed by atoms with Gasteiger partial charge in [-0.2, -0.15) is 13.4 Å². The number of benzene rings is 1. The van der Waals surface area contributed by atoms with Crippen molar-refractivity contribution in [2.24, 2.45) is 0 Å². The van der Waals surface area contributed by atoms with Gasteiger partial charge in [0, 0.05) is 30.6 Å². The topological polar surface area (TPSA) is 248 Å². The van der Waals surface area contributed by atoms with Gasteiger partial charge < -0.3 is 28.6 Å². The Hall–Kier alpha value is -6.38. The molecule has 3 heterocycles. The van der Waals surface area contributed by atoms with E-state index in [1.165, 1.54) is 45.8 Å². The fraction of sp³-hybridized carbons (Fsp3) is 0.364. The lowest BCUT2D eigenvalue weighted by Crippen LogP contribution is -2.42. The molecule has 21 heteroatoms. The van der Waals surface area contributed by atoms with Crippen LogP contribution in [0.25, 0.3) is 11.4 Å². The SMILES string of the molecule is COc1ccccc1Oc1c(OC)nc(-c2ccncc2)nc1N(C(C)OC(=O)CCCCCC(CO[N+](=O)[O-])O[N+](=O)[O-])S(=O)(=O)c1ccc(C)cn1. The number of aromatic nitrogens is 4. The Morgan fingerprint density at radius 3 is 2.28 bits per heavy atom. The summed E-state index contributed by atoms with van der Waals surface area (Å²) in [6.45, 7) is 2.41. The van der Waals surface area contributed by atoms with Gasteiger partial charge in [-0.05, 0) is 62.6 Å². The van der Waals surface area contributed by atoms with Crippen LogP contribution in [0.2, 0.25) is 0 Å². The molecule has 0 aliphatic heterocycles. The highest BCUT2D eigenvalue weighted by Gasteiger charge is 2.38. The summed E-state index contributed by atoms with van der Waals surface area (Å²) in [6.07, 6.45) is 2.27.